The SMILES string of the molecule is COc1cc(/C=N/NC(=O)c2cncc(Br)c2)ccc1OC(=O)c1ccc(C)cc1. The lowest BCUT2D eigenvalue weighted by Crippen LogP contribution is -2.17. The number of hydrogen-bond acceptors (Lipinski definition) is 6. The van der Waals surface area contributed by atoms with Gasteiger partial charge < -0.3 is 9.47 Å². The molecule has 1 aromatic heterocycles. The van der Waals surface area contributed by atoms with E-state index in [0.29, 0.717) is 26.9 Å². The number of aryl methyl sites for hydroxylation is 1. The summed E-state index contributed by atoms with van der Waals surface area (Å²) >= 11 is 3.26. The van der Waals surface area contributed by atoms with Crippen molar-refractivity contribution in [2.45, 2.75) is 6.92 Å². The fourth-order valence-electron chi connectivity index (χ4n) is 2.46. The van der Waals surface area contributed by atoms with Gasteiger partial charge >= 0.3 is 5.97 Å². The zero-order chi connectivity index (χ0) is 21.5. The number of rotatable bonds is 6. The average molecular weight is 468 g/mol. The largest absolute Gasteiger partial charge is 0.493 e. The Bertz CT molecular complexity index is 1100. The Labute approximate surface area is 181 Å². The van der Waals surface area contributed by atoms with E-state index in [1.54, 1.807) is 42.6 Å². The van der Waals surface area contributed by atoms with Gasteiger partial charge in [-0.3, -0.25) is 9.78 Å². The second-order valence-electron chi connectivity index (χ2n) is 6.26. The Balaban J connectivity index is 1.67. The number of nitrogens with one attached hydrogen (secondary N) is 1. The van der Waals surface area contributed by atoms with Crippen LogP contribution in [0.4, 0.5) is 0 Å². The highest BCUT2D eigenvalue weighted by Crippen LogP contribution is 2.28. The van der Waals surface area contributed by atoms with Crippen LogP contribution in [-0.2, 0) is 0 Å². The molecule has 1 amide bonds. The Kier molecular flexibility index (Phi) is 6.92. The number of pyridine rings is 1. The molecule has 0 aliphatic rings. The first-order valence-corrected chi connectivity index (χ1v) is 9.66. The second-order valence-corrected chi connectivity index (χ2v) is 7.17. The summed E-state index contributed by atoms with van der Waals surface area (Å²) in [6, 6.07) is 13.7. The van der Waals surface area contributed by atoms with E-state index in [0.717, 1.165) is 5.56 Å². The number of hydrazone groups is 1. The van der Waals surface area contributed by atoms with Gasteiger partial charge in [-0.15, -0.1) is 0 Å². The fourth-order valence-corrected chi connectivity index (χ4v) is 2.83. The van der Waals surface area contributed by atoms with Crippen LogP contribution in [0.5, 0.6) is 11.5 Å². The molecule has 0 aliphatic carbocycles. The van der Waals surface area contributed by atoms with Crippen molar-refractivity contribution in [1.82, 2.24) is 10.4 Å². The van der Waals surface area contributed by atoms with Gasteiger partial charge in [-0.2, -0.15) is 5.10 Å². The maximum atomic E-state index is 12.3. The van der Waals surface area contributed by atoms with Crippen LogP contribution >= 0.6 is 15.9 Å². The molecule has 2 aromatic carbocycles. The average Bonchev–Trinajstić information content (AvgIpc) is 2.75. The molecule has 3 aromatic rings. The number of aromatic nitrogens is 1. The third-order valence-corrected chi connectivity index (χ3v) is 4.46. The summed E-state index contributed by atoms with van der Waals surface area (Å²) < 4.78 is 11.4. The van der Waals surface area contributed by atoms with Gasteiger partial charge in [0.25, 0.3) is 5.91 Å². The summed E-state index contributed by atoms with van der Waals surface area (Å²) in [7, 11) is 1.47. The maximum absolute atomic E-state index is 12.3. The van der Waals surface area contributed by atoms with Crippen LogP contribution in [0.15, 0.2) is 70.5 Å². The molecule has 0 atom stereocenters. The highest BCUT2D eigenvalue weighted by molar-refractivity contribution is 9.10. The number of esters is 1. The van der Waals surface area contributed by atoms with Gasteiger partial charge in [0.05, 0.1) is 24.5 Å². The quantitative estimate of drug-likeness (QED) is 0.254. The molecule has 0 radical (unpaired) electrons. The van der Waals surface area contributed by atoms with Crippen molar-refractivity contribution in [3.8, 4) is 11.5 Å². The molecule has 0 spiro atoms. The smallest absolute Gasteiger partial charge is 0.343 e. The fraction of sp³-hybridized carbons (Fsp3) is 0.0909. The van der Waals surface area contributed by atoms with E-state index < -0.39 is 11.9 Å². The molecule has 0 saturated heterocycles. The van der Waals surface area contributed by atoms with Gasteiger partial charge in [0.15, 0.2) is 11.5 Å². The number of amides is 1. The molecule has 30 heavy (non-hydrogen) atoms. The molecule has 8 heteroatoms. The Morgan fingerprint density at radius 3 is 2.50 bits per heavy atom. The molecule has 3 rings (SSSR count). The standard InChI is InChI=1S/C22H18BrN3O4/c1-14-3-6-16(7-4-14)22(28)30-19-8-5-15(9-20(19)29-2)11-25-26-21(27)17-10-18(23)13-24-12-17/h3-13H,1-2H3,(H,26,27)/b25-11+. The lowest BCUT2D eigenvalue weighted by atomic mass is 10.1. The molecule has 0 unspecified atom stereocenters. The van der Waals surface area contributed by atoms with Gasteiger partial charge in [-0.05, 0) is 64.8 Å². The van der Waals surface area contributed by atoms with E-state index in [9.17, 15) is 9.59 Å². The van der Waals surface area contributed by atoms with E-state index >= 15 is 0 Å². The number of carbonyl (C=O) groups is 2. The summed E-state index contributed by atoms with van der Waals surface area (Å²) in [5.41, 5.74) is 4.94. The van der Waals surface area contributed by atoms with Crippen LogP contribution in [0.1, 0.15) is 31.8 Å². The zero-order valence-electron chi connectivity index (χ0n) is 16.3. The second kappa shape index (κ2) is 9.80. The molecule has 0 fully saturated rings. The molecular formula is C22H18BrN3O4. The summed E-state index contributed by atoms with van der Waals surface area (Å²) in [6.07, 6.45) is 4.48. The third-order valence-electron chi connectivity index (χ3n) is 4.02. The van der Waals surface area contributed by atoms with Crippen LogP contribution in [0.2, 0.25) is 0 Å². The van der Waals surface area contributed by atoms with Crippen molar-refractivity contribution in [1.29, 1.82) is 0 Å². The number of halogens is 1. The Morgan fingerprint density at radius 1 is 1.03 bits per heavy atom. The summed E-state index contributed by atoms with van der Waals surface area (Å²) in [4.78, 5) is 28.3. The van der Waals surface area contributed by atoms with Crippen molar-refractivity contribution < 1.29 is 19.1 Å². The molecule has 1 heterocycles. The van der Waals surface area contributed by atoms with Crippen LogP contribution in [-0.4, -0.2) is 30.2 Å². The van der Waals surface area contributed by atoms with Crippen molar-refractivity contribution in [2.75, 3.05) is 7.11 Å². The molecule has 0 aliphatic heterocycles. The van der Waals surface area contributed by atoms with Gasteiger partial charge in [-0.25, -0.2) is 10.2 Å². The number of methoxy groups -OCH3 is 1. The normalized spacial score (nSPS) is 10.6. The van der Waals surface area contributed by atoms with Crippen LogP contribution in [0.3, 0.4) is 0 Å². The van der Waals surface area contributed by atoms with Crippen molar-refractivity contribution >= 4 is 34.0 Å². The van der Waals surface area contributed by atoms with Gasteiger partial charge in [-0.1, -0.05) is 17.7 Å². The zero-order valence-corrected chi connectivity index (χ0v) is 17.8. The van der Waals surface area contributed by atoms with Crippen LogP contribution in [0.25, 0.3) is 0 Å². The first-order valence-electron chi connectivity index (χ1n) is 8.87. The highest BCUT2D eigenvalue weighted by Gasteiger charge is 2.13. The number of benzene rings is 2. The third kappa shape index (κ3) is 5.51. The minimum absolute atomic E-state index is 0.282. The molecular weight excluding hydrogens is 450 g/mol. The van der Waals surface area contributed by atoms with Gasteiger partial charge in [0, 0.05) is 16.9 Å². The number of carbonyl (C=O) groups excluding carboxylic acids is 2. The van der Waals surface area contributed by atoms with Gasteiger partial charge in [0.1, 0.15) is 0 Å². The van der Waals surface area contributed by atoms with E-state index in [4.69, 9.17) is 9.47 Å². The van der Waals surface area contributed by atoms with Crippen LogP contribution < -0.4 is 14.9 Å². The van der Waals surface area contributed by atoms with E-state index in [-0.39, 0.29) is 5.75 Å². The summed E-state index contributed by atoms with van der Waals surface area (Å²) in [5.74, 6) is -0.230. The lowest BCUT2D eigenvalue weighted by molar-refractivity contribution is 0.0729. The Hall–Kier alpha value is -3.52. The van der Waals surface area contributed by atoms with Crippen LogP contribution in [0, 0.1) is 6.92 Å². The minimum Gasteiger partial charge on any atom is -0.493 e. The molecule has 152 valence electrons. The van der Waals surface area contributed by atoms with Crippen molar-refractivity contribution in [2.24, 2.45) is 5.10 Å². The number of ether oxygens (including phenoxy) is 2. The molecule has 0 saturated carbocycles. The first-order chi connectivity index (χ1) is 14.5. The van der Waals surface area contributed by atoms with E-state index in [2.05, 4.69) is 31.4 Å². The van der Waals surface area contributed by atoms with Gasteiger partial charge in [0.2, 0.25) is 0 Å². The molecule has 7 nitrogen and oxygen atoms in total. The summed E-state index contributed by atoms with van der Waals surface area (Å²) in [5, 5.41) is 3.94. The predicted octanol–water partition coefficient (Wildman–Crippen LogP) is 4.14. The first kappa shape index (κ1) is 21.2. The van der Waals surface area contributed by atoms with E-state index in [1.807, 2.05) is 19.1 Å². The Morgan fingerprint density at radius 2 is 1.80 bits per heavy atom. The summed E-state index contributed by atoms with van der Waals surface area (Å²) in [6.45, 7) is 1.94. The molecule has 1 N–H and O–H groups in total. The molecule has 0 bridgehead atoms. The maximum Gasteiger partial charge on any atom is 0.343 e. The number of hydrogen-bond donors (Lipinski definition) is 1. The number of nitrogens with zero attached hydrogens (tertiary/aromatic N) is 2. The predicted molar refractivity (Wildman–Crippen MR) is 116 cm³/mol. The van der Waals surface area contributed by atoms with Crippen molar-refractivity contribution in [3.63, 3.8) is 0 Å². The monoisotopic (exact) mass is 467 g/mol. The van der Waals surface area contributed by atoms with Crippen molar-refractivity contribution in [3.05, 3.63) is 87.7 Å². The lowest BCUT2D eigenvalue weighted by Gasteiger charge is -2.10. The van der Waals surface area contributed by atoms with E-state index in [1.165, 1.54) is 19.5 Å². The topological polar surface area (TPSA) is 89.9 Å². The minimum atomic E-state index is -0.482. The highest BCUT2D eigenvalue weighted by atomic mass is 79.9.